The SMILES string of the molecule is [2H]C([2H])(CCF)N1CC(Oc2ccc(Oc3c(C(=O)c4c(C)cc(C)cc4C)sc4cc(O)ccc34)cc2)C1. The number of fused-ring (bicyclic) bond motifs is 1. The Balaban J connectivity index is 1.37. The molecule has 3 aromatic carbocycles. The second-order valence-corrected chi connectivity index (χ2v) is 10.4. The van der Waals surface area contributed by atoms with Gasteiger partial charge < -0.3 is 14.6 Å². The quantitative estimate of drug-likeness (QED) is 0.241. The molecule has 1 N–H and O–H groups in total. The standard InChI is InChI=1S/C30H30FNO4S/c1-18-13-19(2)27(20(3)14-18)28(34)30-29(25-10-5-21(33)15-26(25)37-30)36-23-8-6-22(7-9-23)35-24-16-32(17-24)12-4-11-31/h5-10,13-15,24,33H,4,11-12,16-17H2,1-3H3/i12D2. The highest BCUT2D eigenvalue weighted by molar-refractivity contribution is 7.21. The number of thiophene rings is 1. The average Bonchev–Trinajstić information content (AvgIpc) is 3.18. The minimum atomic E-state index is -1.67. The summed E-state index contributed by atoms with van der Waals surface area (Å²) in [6.07, 6.45) is -0.332. The number of aromatic hydroxyl groups is 1. The number of phenols is 1. The third-order valence-corrected chi connectivity index (χ3v) is 7.50. The Labute approximate surface area is 222 Å². The third kappa shape index (κ3) is 5.33. The number of ketones is 1. The molecule has 1 aliphatic rings. The fraction of sp³-hybridized carbons (Fsp3) is 0.300. The molecule has 192 valence electrons. The number of likely N-dealkylation sites (tertiary alicyclic amines) is 1. The molecule has 0 amide bonds. The van der Waals surface area contributed by atoms with Gasteiger partial charge in [-0.3, -0.25) is 14.1 Å². The van der Waals surface area contributed by atoms with Crippen LogP contribution in [0.5, 0.6) is 23.0 Å². The Morgan fingerprint density at radius 2 is 1.76 bits per heavy atom. The number of aryl methyl sites for hydroxylation is 3. The summed E-state index contributed by atoms with van der Waals surface area (Å²) in [7, 11) is 0. The predicted molar refractivity (Wildman–Crippen MR) is 146 cm³/mol. The van der Waals surface area contributed by atoms with E-state index in [9.17, 15) is 14.3 Å². The molecule has 2 heterocycles. The Hall–Kier alpha value is -3.42. The van der Waals surface area contributed by atoms with Gasteiger partial charge in [0.25, 0.3) is 0 Å². The second-order valence-electron chi connectivity index (χ2n) is 9.36. The first kappa shape index (κ1) is 22.8. The van der Waals surface area contributed by atoms with Gasteiger partial charge in [0.05, 0.1) is 6.67 Å². The van der Waals surface area contributed by atoms with Crippen molar-refractivity contribution in [2.24, 2.45) is 0 Å². The van der Waals surface area contributed by atoms with E-state index < -0.39 is 13.2 Å². The van der Waals surface area contributed by atoms with Crippen LogP contribution in [0.15, 0.2) is 54.6 Å². The molecule has 37 heavy (non-hydrogen) atoms. The lowest BCUT2D eigenvalue weighted by molar-refractivity contribution is 0.0184. The summed E-state index contributed by atoms with van der Waals surface area (Å²) in [5.74, 6) is 1.57. The highest BCUT2D eigenvalue weighted by atomic mass is 32.1. The molecule has 0 aliphatic carbocycles. The van der Waals surface area contributed by atoms with Crippen molar-refractivity contribution < 1.29 is 26.5 Å². The molecule has 4 aromatic rings. The molecule has 5 nitrogen and oxygen atoms in total. The van der Waals surface area contributed by atoms with E-state index in [0.717, 1.165) is 26.8 Å². The molecule has 0 bridgehead atoms. The number of carbonyl (C=O) groups excluding carboxylic acids is 1. The van der Waals surface area contributed by atoms with E-state index in [4.69, 9.17) is 12.2 Å². The molecular formula is C30H30FNO4S. The van der Waals surface area contributed by atoms with Gasteiger partial charge in [-0.05, 0) is 80.8 Å². The number of benzene rings is 3. The van der Waals surface area contributed by atoms with E-state index >= 15 is 0 Å². The molecule has 1 saturated heterocycles. The van der Waals surface area contributed by atoms with E-state index in [0.29, 0.717) is 40.8 Å². The zero-order chi connectivity index (χ0) is 27.9. The highest BCUT2D eigenvalue weighted by Crippen LogP contribution is 2.43. The van der Waals surface area contributed by atoms with E-state index in [1.807, 2.05) is 32.9 Å². The number of halogens is 1. The predicted octanol–water partition coefficient (Wildman–Crippen LogP) is 6.98. The molecule has 0 spiro atoms. The average molecular weight is 522 g/mol. The fourth-order valence-corrected chi connectivity index (χ4v) is 5.81. The number of ether oxygens (including phenoxy) is 2. The summed E-state index contributed by atoms with van der Waals surface area (Å²) >= 11 is 1.29. The number of nitrogens with zero attached hydrogens (tertiary/aromatic N) is 1. The van der Waals surface area contributed by atoms with Crippen LogP contribution < -0.4 is 9.47 Å². The molecule has 0 radical (unpaired) electrons. The van der Waals surface area contributed by atoms with Gasteiger partial charge in [-0.15, -0.1) is 11.3 Å². The number of hydrogen-bond donors (Lipinski definition) is 1. The van der Waals surface area contributed by atoms with Crippen LogP contribution in [0.25, 0.3) is 10.1 Å². The van der Waals surface area contributed by atoms with Gasteiger partial charge in [-0.1, -0.05) is 17.7 Å². The second kappa shape index (κ2) is 10.5. The van der Waals surface area contributed by atoms with Crippen LogP contribution in [0.2, 0.25) is 0 Å². The normalized spacial score (nSPS) is 15.2. The highest BCUT2D eigenvalue weighted by Gasteiger charge is 2.28. The first-order valence-corrected chi connectivity index (χ1v) is 13.0. The van der Waals surface area contributed by atoms with Crippen molar-refractivity contribution in [2.75, 3.05) is 26.3 Å². The maximum absolute atomic E-state index is 13.8. The van der Waals surface area contributed by atoms with Crippen LogP contribution in [0, 0.1) is 20.8 Å². The van der Waals surface area contributed by atoms with Crippen molar-refractivity contribution in [1.82, 2.24) is 4.90 Å². The first-order valence-electron chi connectivity index (χ1n) is 13.2. The molecule has 1 fully saturated rings. The Morgan fingerprint density at radius 1 is 1.08 bits per heavy atom. The molecule has 1 aromatic heterocycles. The maximum atomic E-state index is 13.8. The molecule has 0 unspecified atom stereocenters. The van der Waals surface area contributed by atoms with Crippen molar-refractivity contribution in [2.45, 2.75) is 33.3 Å². The van der Waals surface area contributed by atoms with Crippen molar-refractivity contribution >= 4 is 27.2 Å². The largest absolute Gasteiger partial charge is 0.508 e. The van der Waals surface area contributed by atoms with Gasteiger partial charge >= 0.3 is 0 Å². The molecule has 0 saturated carbocycles. The Morgan fingerprint density at radius 3 is 2.43 bits per heavy atom. The van der Waals surface area contributed by atoms with Crippen LogP contribution in [0.1, 0.15) is 41.1 Å². The zero-order valence-electron chi connectivity index (χ0n) is 23.0. The first-order chi connectivity index (χ1) is 18.6. The van der Waals surface area contributed by atoms with Crippen molar-refractivity contribution in [3.63, 3.8) is 0 Å². The van der Waals surface area contributed by atoms with E-state index in [2.05, 4.69) is 0 Å². The van der Waals surface area contributed by atoms with Crippen LogP contribution in [-0.4, -0.2) is 48.2 Å². The van der Waals surface area contributed by atoms with Gasteiger partial charge in [-0.2, -0.15) is 0 Å². The van der Waals surface area contributed by atoms with E-state index in [1.54, 1.807) is 47.4 Å². The molecule has 7 heteroatoms. The minimum Gasteiger partial charge on any atom is -0.508 e. The van der Waals surface area contributed by atoms with Crippen molar-refractivity contribution in [3.05, 3.63) is 81.7 Å². The topological polar surface area (TPSA) is 59.0 Å². The van der Waals surface area contributed by atoms with Crippen LogP contribution >= 0.6 is 11.3 Å². The number of alkyl halides is 1. The summed E-state index contributed by atoms with van der Waals surface area (Å²) in [5.41, 5.74) is 3.54. The summed E-state index contributed by atoms with van der Waals surface area (Å²) < 4.78 is 41.4. The van der Waals surface area contributed by atoms with Gasteiger partial charge in [0.2, 0.25) is 5.78 Å². The van der Waals surface area contributed by atoms with Crippen molar-refractivity contribution in [1.29, 1.82) is 0 Å². The number of rotatable bonds is 9. The maximum Gasteiger partial charge on any atom is 0.207 e. The molecule has 1 aliphatic heterocycles. The summed E-state index contributed by atoms with van der Waals surface area (Å²) in [4.78, 5) is 15.8. The lowest BCUT2D eigenvalue weighted by Gasteiger charge is -2.38. The number of carbonyl (C=O) groups is 1. The third-order valence-electron chi connectivity index (χ3n) is 6.36. The Kier molecular flexibility index (Phi) is 6.47. The summed E-state index contributed by atoms with van der Waals surface area (Å²) in [6, 6.07) is 16.0. The zero-order valence-corrected chi connectivity index (χ0v) is 21.8. The monoisotopic (exact) mass is 521 g/mol. The minimum absolute atomic E-state index is 0.117. The molecule has 0 atom stereocenters. The van der Waals surface area contributed by atoms with Gasteiger partial charge in [0.15, 0.2) is 5.75 Å². The van der Waals surface area contributed by atoms with Crippen LogP contribution in [-0.2, 0) is 0 Å². The van der Waals surface area contributed by atoms with Crippen molar-refractivity contribution in [3.8, 4) is 23.0 Å². The summed E-state index contributed by atoms with van der Waals surface area (Å²) in [6.45, 7) is 4.28. The lowest BCUT2D eigenvalue weighted by Crippen LogP contribution is -2.53. The van der Waals surface area contributed by atoms with Gasteiger partial charge in [-0.25, -0.2) is 0 Å². The van der Waals surface area contributed by atoms with Crippen LogP contribution in [0.4, 0.5) is 4.39 Å². The van der Waals surface area contributed by atoms with Gasteiger partial charge in [0, 0.05) is 38.0 Å². The Bertz CT molecular complexity index is 1510. The van der Waals surface area contributed by atoms with Crippen LogP contribution in [0.3, 0.4) is 0 Å². The smallest absolute Gasteiger partial charge is 0.207 e. The molecular weight excluding hydrogens is 489 g/mol. The fourth-order valence-electron chi connectivity index (χ4n) is 4.70. The molecule has 5 rings (SSSR count). The lowest BCUT2D eigenvalue weighted by atomic mass is 9.95. The number of phenolic OH excluding ortho intramolecular Hbond substituents is 1. The van der Waals surface area contributed by atoms with E-state index in [1.165, 1.54) is 11.3 Å². The summed E-state index contributed by atoms with van der Waals surface area (Å²) in [5, 5.41) is 10.8. The van der Waals surface area contributed by atoms with Gasteiger partial charge in [0.1, 0.15) is 28.2 Å². The van der Waals surface area contributed by atoms with E-state index in [-0.39, 0.29) is 24.1 Å². The number of hydrogen-bond acceptors (Lipinski definition) is 6.